The molecule has 6 rings (SSSR count). The Balaban J connectivity index is 1.33. The predicted molar refractivity (Wildman–Crippen MR) is 177 cm³/mol. The van der Waals surface area contributed by atoms with Gasteiger partial charge in [0, 0.05) is 41.5 Å². The molecule has 0 radical (unpaired) electrons. The highest BCUT2D eigenvalue weighted by atomic mass is 16.6. The summed E-state index contributed by atoms with van der Waals surface area (Å²) in [5.74, 6) is 0.143. The third kappa shape index (κ3) is 4.62. The lowest BCUT2D eigenvalue weighted by molar-refractivity contribution is -0.384. The summed E-state index contributed by atoms with van der Waals surface area (Å²) in [6.45, 7) is 17.5. The summed E-state index contributed by atoms with van der Waals surface area (Å²) in [6.07, 6.45) is 9.82. The number of nitrogens with one attached hydrogen (secondary N) is 1. The Bertz CT molecular complexity index is 1530. The Morgan fingerprint density at radius 3 is 2.33 bits per heavy atom. The van der Waals surface area contributed by atoms with Crippen LogP contribution in [0.25, 0.3) is 0 Å². The van der Waals surface area contributed by atoms with E-state index in [9.17, 15) is 24.5 Å². The van der Waals surface area contributed by atoms with Crippen LogP contribution < -0.4 is 5.32 Å². The van der Waals surface area contributed by atoms with Gasteiger partial charge in [0.2, 0.25) is 5.91 Å². The smallest absolute Gasteiger partial charge is 0.302 e. The van der Waals surface area contributed by atoms with Crippen molar-refractivity contribution >= 4 is 29.0 Å². The van der Waals surface area contributed by atoms with E-state index in [0.29, 0.717) is 12.1 Å². The number of non-ortho nitro benzene ring substituents is 1. The number of ketones is 1. The molecular formula is C38H52N2O6. The van der Waals surface area contributed by atoms with Gasteiger partial charge in [-0.25, -0.2) is 0 Å². The van der Waals surface area contributed by atoms with Crippen LogP contribution in [0.1, 0.15) is 113 Å². The average Bonchev–Trinajstić information content (AvgIpc) is 2.96. The molecule has 8 heteroatoms. The van der Waals surface area contributed by atoms with Gasteiger partial charge in [-0.15, -0.1) is 0 Å². The Labute approximate surface area is 273 Å². The van der Waals surface area contributed by atoms with Gasteiger partial charge in [0.05, 0.1) is 4.92 Å². The third-order valence-corrected chi connectivity index (χ3v) is 14.7. The molecule has 0 aromatic heterocycles. The Morgan fingerprint density at radius 2 is 1.65 bits per heavy atom. The number of nitro benzene ring substituents is 1. The van der Waals surface area contributed by atoms with E-state index in [-0.39, 0.29) is 74.3 Å². The Morgan fingerprint density at radius 1 is 0.957 bits per heavy atom. The van der Waals surface area contributed by atoms with Gasteiger partial charge in [-0.2, -0.15) is 0 Å². The maximum absolute atomic E-state index is 14.7. The normalized spacial score (nSPS) is 42.7. The largest absolute Gasteiger partial charge is 0.462 e. The molecule has 9 atom stereocenters. The van der Waals surface area contributed by atoms with Crippen LogP contribution in [0.3, 0.4) is 0 Å². The molecule has 1 N–H and O–H groups in total. The zero-order chi connectivity index (χ0) is 33.7. The first-order valence-electron chi connectivity index (χ1n) is 17.3. The number of benzene rings is 1. The fourth-order valence-corrected chi connectivity index (χ4v) is 11.8. The molecule has 1 amide bonds. The first-order chi connectivity index (χ1) is 21.3. The number of rotatable bonds is 4. The number of carbonyl (C=O) groups excluding carboxylic acids is 3. The minimum absolute atomic E-state index is 0.00528. The molecular weight excluding hydrogens is 580 g/mol. The Kier molecular flexibility index (Phi) is 7.50. The lowest BCUT2D eigenvalue weighted by Gasteiger charge is -2.70. The molecule has 5 aliphatic carbocycles. The highest BCUT2D eigenvalue weighted by Crippen LogP contribution is 2.75. The van der Waals surface area contributed by atoms with Crippen LogP contribution in [0.15, 0.2) is 35.9 Å². The number of allylic oxidation sites excluding steroid dienone is 2. The summed E-state index contributed by atoms with van der Waals surface area (Å²) in [6, 6.07) is 6.12. The second-order valence-corrected chi connectivity index (χ2v) is 17.5. The number of hydrogen-bond donors (Lipinski definition) is 1. The van der Waals surface area contributed by atoms with E-state index in [1.807, 2.05) is 13.0 Å². The summed E-state index contributed by atoms with van der Waals surface area (Å²) >= 11 is 0. The minimum Gasteiger partial charge on any atom is -0.462 e. The molecule has 8 nitrogen and oxygen atoms in total. The quantitative estimate of drug-likeness (QED) is 0.202. The number of fused-ring (bicyclic) bond motifs is 7. The van der Waals surface area contributed by atoms with Crippen molar-refractivity contribution in [3.63, 3.8) is 0 Å². The minimum atomic E-state index is -0.669. The van der Waals surface area contributed by atoms with Gasteiger partial charge in [-0.1, -0.05) is 60.1 Å². The van der Waals surface area contributed by atoms with Gasteiger partial charge in [-0.3, -0.25) is 24.5 Å². The van der Waals surface area contributed by atoms with Crippen LogP contribution in [0.2, 0.25) is 0 Å². The Hall–Kier alpha value is -3.03. The summed E-state index contributed by atoms with van der Waals surface area (Å²) in [5, 5.41) is 14.3. The molecule has 4 fully saturated rings. The molecule has 0 spiro atoms. The molecule has 0 saturated heterocycles. The van der Waals surface area contributed by atoms with E-state index in [0.717, 1.165) is 51.4 Å². The van der Waals surface area contributed by atoms with Crippen molar-refractivity contribution in [3.8, 4) is 0 Å². The van der Waals surface area contributed by atoms with Crippen LogP contribution in [-0.4, -0.2) is 28.7 Å². The zero-order valence-electron chi connectivity index (χ0n) is 29.0. The van der Waals surface area contributed by atoms with Crippen molar-refractivity contribution in [1.82, 2.24) is 0 Å². The van der Waals surface area contributed by atoms with E-state index >= 15 is 0 Å². The number of esters is 1. The fourth-order valence-electron chi connectivity index (χ4n) is 11.8. The fraction of sp³-hybridized carbons (Fsp3) is 0.711. The van der Waals surface area contributed by atoms with Crippen molar-refractivity contribution in [2.24, 2.45) is 50.2 Å². The van der Waals surface area contributed by atoms with Crippen LogP contribution in [0.4, 0.5) is 11.4 Å². The lowest BCUT2D eigenvalue weighted by Crippen LogP contribution is -2.66. The van der Waals surface area contributed by atoms with E-state index < -0.39 is 10.3 Å². The van der Waals surface area contributed by atoms with Gasteiger partial charge >= 0.3 is 5.97 Å². The highest BCUT2D eigenvalue weighted by molar-refractivity contribution is 5.97. The summed E-state index contributed by atoms with van der Waals surface area (Å²) in [7, 11) is 0. The maximum Gasteiger partial charge on any atom is 0.302 e. The highest BCUT2D eigenvalue weighted by Gasteiger charge is 2.70. The van der Waals surface area contributed by atoms with E-state index in [1.54, 1.807) is 12.1 Å². The monoisotopic (exact) mass is 632 g/mol. The maximum atomic E-state index is 14.7. The molecule has 250 valence electrons. The van der Waals surface area contributed by atoms with Crippen LogP contribution in [0, 0.1) is 60.4 Å². The molecule has 1 aromatic carbocycles. The molecule has 0 aliphatic heterocycles. The summed E-state index contributed by atoms with van der Waals surface area (Å²) in [4.78, 5) is 51.4. The van der Waals surface area contributed by atoms with Gasteiger partial charge in [-0.05, 0) is 103 Å². The lowest BCUT2D eigenvalue weighted by atomic mass is 9.33. The number of ether oxygens (including phenoxy) is 1. The van der Waals surface area contributed by atoms with Gasteiger partial charge in [0.1, 0.15) is 6.10 Å². The number of hydrogen-bond acceptors (Lipinski definition) is 6. The van der Waals surface area contributed by atoms with Gasteiger partial charge in [0.15, 0.2) is 5.78 Å². The second-order valence-electron chi connectivity index (χ2n) is 17.5. The van der Waals surface area contributed by atoms with Crippen molar-refractivity contribution in [3.05, 3.63) is 46.0 Å². The SMILES string of the molecule is CC(=O)O[C@@H]1CC[C@]2(C)[C@H](CC[C@]3(C)[C@@H]2C(=O)C=C2[C@@H]4C[C@](C)(C(=O)Nc5cccc([N+](=O)[O-])c5)CC[C@]4(C)CC[C@]23C)C1(C)C. The first kappa shape index (κ1) is 32.9. The number of nitro groups is 1. The van der Waals surface area contributed by atoms with E-state index in [1.165, 1.54) is 24.6 Å². The number of carbonyl (C=O) groups is 3. The standard InChI is InChI=1S/C38H52N2O6/c1-23(41)46-30-13-14-36(6)29(33(30,2)3)12-15-38(8)31(36)28(42)21-26-27-22-35(5,17-16-34(27,4)18-19-37(26,38)7)32(43)39-24-10-9-11-25(20-24)40(44)45/h9-11,20-21,27,29-31H,12-19,22H2,1-8H3,(H,39,43)/t27-,29+,30+,31+,34+,35+,36+,37+,38+/m0/s1. The average molecular weight is 633 g/mol. The van der Waals surface area contributed by atoms with Crippen molar-refractivity contribution in [2.75, 3.05) is 5.32 Å². The van der Waals surface area contributed by atoms with Crippen LogP contribution >= 0.6 is 0 Å². The van der Waals surface area contributed by atoms with Gasteiger partial charge < -0.3 is 10.1 Å². The van der Waals surface area contributed by atoms with Crippen molar-refractivity contribution < 1.29 is 24.0 Å². The topological polar surface area (TPSA) is 116 Å². The molecule has 5 aliphatic rings. The van der Waals surface area contributed by atoms with E-state index in [4.69, 9.17) is 4.74 Å². The number of amides is 1. The molecule has 0 unspecified atom stereocenters. The molecule has 46 heavy (non-hydrogen) atoms. The summed E-state index contributed by atoms with van der Waals surface area (Å²) < 4.78 is 5.86. The van der Waals surface area contributed by atoms with Crippen LogP contribution in [0.5, 0.6) is 0 Å². The number of anilines is 1. The number of nitrogens with zero attached hydrogens (tertiary/aromatic N) is 1. The second kappa shape index (κ2) is 10.5. The predicted octanol–water partition coefficient (Wildman–Crippen LogP) is 8.45. The van der Waals surface area contributed by atoms with Crippen molar-refractivity contribution in [1.29, 1.82) is 0 Å². The molecule has 0 bridgehead atoms. The molecule has 0 heterocycles. The van der Waals surface area contributed by atoms with Gasteiger partial charge in [0.25, 0.3) is 5.69 Å². The van der Waals surface area contributed by atoms with Crippen LogP contribution in [-0.2, 0) is 19.1 Å². The zero-order valence-corrected chi connectivity index (χ0v) is 29.0. The van der Waals surface area contributed by atoms with Crippen molar-refractivity contribution in [2.45, 2.75) is 119 Å². The molecule has 4 saturated carbocycles. The first-order valence-corrected chi connectivity index (χ1v) is 17.3. The third-order valence-electron chi connectivity index (χ3n) is 14.7. The van der Waals surface area contributed by atoms with E-state index in [2.05, 4.69) is 46.9 Å². The molecule has 1 aromatic rings. The summed E-state index contributed by atoms with van der Waals surface area (Å²) in [5.41, 5.74) is 0.142.